The first-order valence-electron chi connectivity index (χ1n) is 8.13. The Morgan fingerprint density at radius 2 is 2.19 bits per heavy atom. The molecule has 0 spiro atoms. The second-order valence-electron chi connectivity index (χ2n) is 5.83. The smallest absolute Gasteiger partial charge is 0.0686 e. The van der Waals surface area contributed by atoms with Crippen LogP contribution >= 0.6 is 11.3 Å². The van der Waals surface area contributed by atoms with Crippen LogP contribution in [0.15, 0.2) is 30.6 Å². The van der Waals surface area contributed by atoms with E-state index in [0.717, 1.165) is 13.0 Å². The lowest BCUT2D eigenvalue weighted by molar-refractivity contribution is 0.604. The van der Waals surface area contributed by atoms with Crippen LogP contribution in [-0.4, -0.2) is 11.5 Å². The van der Waals surface area contributed by atoms with Crippen LogP contribution in [0.25, 0.3) is 0 Å². The van der Waals surface area contributed by atoms with Gasteiger partial charge in [-0.15, -0.1) is 11.3 Å². The van der Waals surface area contributed by atoms with Gasteiger partial charge in [0.2, 0.25) is 0 Å². The zero-order valence-electron chi connectivity index (χ0n) is 12.8. The number of nitrogens with zero attached hydrogens (tertiary/aromatic N) is 1. The van der Waals surface area contributed by atoms with Crippen LogP contribution in [0, 0.1) is 0 Å². The molecule has 21 heavy (non-hydrogen) atoms. The maximum atomic E-state index is 4.30. The first-order chi connectivity index (χ1) is 10.4. The molecule has 0 saturated carbocycles. The van der Waals surface area contributed by atoms with Crippen molar-refractivity contribution in [3.8, 4) is 0 Å². The highest BCUT2D eigenvalue weighted by Gasteiger charge is 2.19. The lowest BCUT2D eigenvalue weighted by Crippen LogP contribution is -2.22. The summed E-state index contributed by atoms with van der Waals surface area (Å²) in [6.07, 6.45) is 11.6. The van der Waals surface area contributed by atoms with Crippen LogP contribution in [0.2, 0.25) is 0 Å². The normalized spacial score (nSPS) is 16.2. The Bertz CT molecular complexity index is 538. The van der Waals surface area contributed by atoms with E-state index in [4.69, 9.17) is 0 Å². The van der Waals surface area contributed by atoms with Gasteiger partial charge in [-0.1, -0.05) is 19.4 Å². The first-order valence-corrected chi connectivity index (χ1v) is 8.95. The topological polar surface area (TPSA) is 24.9 Å². The number of aryl methyl sites for hydroxylation is 2. The minimum atomic E-state index is 0.301. The van der Waals surface area contributed by atoms with Crippen molar-refractivity contribution < 1.29 is 0 Å². The zero-order valence-corrected chi connectivity index (χ0v) is 13.6. The van der Waals surface area contributed by atoms with Gasteiger partial charge in [0.1, 0.15) is 0 Å². The highest BCUT2D eigenvalue weighted by Crippen LogP contribution is 2.34. The van der Waals surface area contributed by atoms with Gasteiger partial charge in [0.25, 0.3) is 0 Å². The summed E-state index contributed by atoms with van der Waals surface area (Å²) in [6, 6.07) is 6.97. The predicted octanol–water partition coefficient (Wildman–Crippen LogP) is 4.50. The van der Waals surface area contributed by atoms with Gasteiger partial charge in [-0.05, 0) is 61.9 Å². The highest BCUT2D eigenvalue weighted by molar-refractivity contribution is 7.12. The fourth-order valence-electron chi connectivity index (χ4n) is 3.05. The minimum Gasteiger partial charge on any atom is -0.306 e. The Morgan fingerprint density at radius 3 is 3.00 bits per heavy atom. The molecule has 3 heteroatoms. The van der Waals surface area contributed by atoms with Crippen molar-refractivity contribution in [2.45, 2.75) is 51.5 Å². The van der Waals surface area contributed by atoms with E-state index in [0.29, 0.717) is 6.04 Å². The third-order valence-corrected chi connectivity index (χ3v) is 5.47. The second-order valence-corrected chi connectivity index (χ2v) is 7.00. The molecule has 1 unspecified atom stereocenters. The fourth-order valence-corrected chi connectivity index (χ4v) is 4.41. The van der Waals surface area contributed by atoms with E-state index in [1.165, 1.54) is 42.5 Å². The number of hydrogen-bond donors (Lipinski definition) is 1. The van der Waals surface area contributed by atoms with Gasteiger partial charge < -0.3 is 5.32 Å². The van der Waals surface area contributed by atoms with Crippen LogP contribution in [-0.2, 0) is 12.8 Å². The summed E-state index contributed by atoms with van der Waals surface area (Å²) in [7, 11) is 0. The molecular formula is C18H24N2S. The van der Waals surface area contributed by atoms with Crippen LogP contribution in [0.4, 0.5) is 0 Å². The SMILES string of the molecule is CCCNC(c1cccnc1)c1cc2c(s1)CCCCC2. The van der Waals surface area contributed by atoms with Crippen molar-refractivity contribution >= 4 is 11.3 Å². The van der Waals surface area contributed by atoms with Crippen molar-refractivity contribution in [2.75, 3.05) is 6.54 Å². The maximum absolute atomic E-state index is 4.30. The Morgan fingerprint density at radius 1 is 1.29 bits per heavy atom. The summed E-state index contributed by atoms with van der Waals surface area (Å²) in [5.74, 6) is 0. The first kappa shape index (κ1) is 14.7. The van der Waals surface area contributed by atoms with Crippen molar-refractivity contribution in [3.63, 3.8) is 0 Å². The van der Waals surface area contributed by atoms with Crippen LogP contribution in [0.1, 0.15) is 59.5 Å². The Labute approximate surface area is 131 Å². The quantitative estimate of drug-likeness (QED) is 0.822. The maximum Gasteiger partial charge on any atom is 0.0686 e. The highest BCUT2D eigenvalue weighted by atomic mass is 32.1. The number of rotatable bonds is 5. The number of fused-ring (bicyclic) bond motifs is 1. The lowest BCUT2D eigenvalue weighted by Gasteiger charge is -2.17. The molecule has 2 heterocycles. The molecule has 0 saturated heterocycles. The molecule has 0 aromatic carbocycles. The largest absolute Gasteiger partial charge is 0.306 e. The molecule has 1 atom stereocenters. The van der Waals surface area contributed by atoms with E-state index in [1.807, 2.05) is 29.8 Å². The molecular weight excluding hydrogens is 276 g/mol. The van der Waals surface area contributed by atoms with Gasteiger partial charge in [0, 0.05) is 22.1 Å². The molecule has 1 aliphatic rings. The van der Waals surface area contributed by atoms with Gasteiger partial charge in [0.15, 0.2) is 0 Å². The van der Waals surface area contributed by atoms with Gasteiger partial charge >= 0.3 is 0 Å². The molecule has 112 valence electrons. The molecule has 1 N–H and O–H groups in total. The van der Waals surface area contributed by atoms with E-state index < -0.39 is 0 Å². The van der Waals surface area contributed by atoms with Gasteiger partial charge in [0.05, 0.1) is 6.04 Å². The number of hydrogen-bond acceptors (Lipinski definition) is 3. The summed E-state index contributed by atoms with van der Waals surface area (Å²) in [6.45, 7) is 3.26. The van der Waals surface area contributed by atoms with E-state index in [9.17, 15) is 0 Å². The molecule has 0 radical (unpaired) electrons. The fraction of sp³-hybridized carbons (Fsp3) is 0.500. The predicted molar refractivity (Wildman–Crippen MR) is 90.0 cm³/mol. The van der Waals surface area contributed by atoms with Gasteiger partial charge in [-0.25, -0.2) is 0 Å². The average Bonchev–Trinajstić information content (AvgIpc) is 2.79. The summed E-state index contributed by atoms with van der Waals surface area (Å²) in [5, 5.41) is 3.70. The van der Waals surface area contributed by atoms with E-state index in [-0.39, 0.29) is 0 Å². The number of thiophene rings is 1. The van der Waals surface area contributed by atoms with Crippen molar-refractivity contribution in [1.82, 2.24) is 10.3 Å². The lowest BCUT2D eigenvalue weighted by atomic mass is 10.1. The zero-order chi connectivity index (χ0) is 14.5. The van der Waals surface area contributed by atoms with Crippen LogP contribution < -0.4 is 5.32 Å². The van der Waals surface area contributed by atoms with Crippen LogP contribution in [0.5, 0.6) is 0 Å². The summed E-state index contributed by atoms with van der Waals surface area (Å²) >= 11 is 2.01. The van der Waals surface area contributed by atoms with Gasteiger partial charge in [-0.3, -0.25) is 4.98 Å². The molecule has 2 nitrogen and oxygen atoms in total. The standard InChI is InChI=1S/C18H24N2S/c1-2-10-20-18(15-8-6-11-19-13-15)17-12-14-7-4-3-5-9-16(14)21-17/h6,8,11-13,18,20H,2-5,7,9-10H2,1H3. The summed E-state index contributed by atoms with van der Waals surface area (Å²) in [5.41, 5.74) is 2.88. The van der Waals surface area contributed by atoms with E-state index in [1.54, 1.807) is 10.4 Å². The third-order valence-electron chi connectivity index (χ3n) is 4.17. The Kier molecular flexibility index (Phi) is 5.04. The Balaban J connectivity index is 1.89. The molecule has 1 aliphatic carbocycles. The molecule has 2 aromatic heterocycles. The molecule has 0 bridgehead atoms. The number of nitrogens with one attached hydrogen (secondary N) is 1. The second kappa shape index (κ2) is 7.19. The third kappa shape index (κ3) is 3.53. The summed E-state index contributed by atoms with van der Waals surface area (Å²) in [4.78, 5) is 7.38. The summed E-state index contributed by atoms with van der Waals surface area (Å²) < 4.78 is 0. The molecule has 0 aliphatic heterocycles. The monoisotopic (exact) mass is 300 g/mol. The van der Waals surface area contributed by atoms with Crippen LogP contribution in [0.3, 0.4) is 0 Å². The number of aromatic nitrogens is 1. The average molecular weight is 300 g/mol. The minimum absolute atomic E-state index is 0.301. The molecule has 2 aromatic rings. The van der Waals surface area contributed by atoms with E-state index in [2.05, 4.69) is 29.4 Å². The molecule has 0 fully saturated rings. The van der Waals surface area contributed by atoms with E-state index >= 15 is 0 Å². The molecule has 0 amide bonds. The Hall–Kier alpha value is -1.19. The molecule has 3 rings (SSSR count). The van der Waals surface area contributed by atoms with Crippen molar-refractivity contribution in [3.05, 3.63) is 51.5 Å². The van der Waals surface area contributed by atoms with Crippen molar-refractivity contribution in [2.24, 2.45) is 0 Å². The van der Waals surface area contributed by atoms with Gasteiger partial charge in [-0.2, -0.15) is 0 Å². The number of pyridine rings is 1. The van der Waals surface area contributed by atoms with Crippen molar-refractivity contribution in [1.29, 1.82) is 0 Å².